The van der Waals surface area contributed by atoms with Gasteiger partial charge in [-0.15, -0.1) is 34.5 Å². The number of carbonyl (C=O) groups is 4. The number of amides is 4. The van der Waals surface area contributed by atoms with E-state index in [2.05, 4.69) is 0 Å². The number of imide groups is 2. The largest absolute Gasteiger partial charge is 0.508 e. The number of halogens is 2. The highest BCUT2D eigenvalue weighted by molar-refractivity contribution is 7.09. The average molecular weight is 559 g/mol. The van der Waals surface area contributed by atoms with Crippen LogP contribution in [0.4, 0.5) is 0 Å². The Bertz CT molecular complexity index is 1410. The molecule has 0 bridgehead atoms. The SMILES string of the molecule is Cc1cc([C@H]2C3=CC[C@@H]4C(=O)N(Cc5cccs5)C(=O)[C@@H]4[C@@H]3C[C@@]3(Cl)C(=O)N(C)C(=O)[C@@]23Cl)ccc1O. The number of allylic oxidation sites excluding steroid dienone is 2. The second kappa shape index (κ2) is 8.16. The second-order valence-corrected chi connectivity index (χ2v) is 12.7. The first-order valence-corrected chi connectivity index (χ1v) is 13.7. The molecule has 6 rings (SSSR count). The summed E-state index contributed by atoms with van der Waals surface area (Å²) in [6, 6.07) is 8.69. The normalized spacial score (nSPS) is 35.0. The molecule has 1 N–H and O–H groups in total. The molecule has 0 unspecified atom stereocenters. The number of rotatable bonds is 3. The molecular formula is C27H24Cl2N2O5S. The van der Waals surface area contributed by atoms with E-state index in [1.54, 1.807) is 19.1 Å². The zero-order chi connectivity index (χ0) is 26.4. The summed E-state index contributed by atoms with van der Waals surface area (Å²) in [4.78, 5) is 53.7. The number of benzene rings is 1. The number of carbonyl (C=O) groups excluding carboxylic acids is 4. The fourth-order valence-corrected chi connectivity index (χ4v) is 8.47. The lowest BCUT2D eigenvalue weighted by Gasteiger charge is -2.50. The van der Waals surface area contributed by atoms with Gasteiger partial charge in [0.15, 0.2) is 9.75 Å². The van der Waals surface area contributed by atoms with Crippen LogP contribution in [0.2, 0.25) is 0 Å². The Morgan fingerprint density at radius 2 is 1.84 bits per heavy atom. The number of hydrogen-bond donors (Lipinski definition) is 1. The lowest BCUT2D eigenvalue weighted by molar-refractivity contribution is -0.141. The van der Waals surface area contributed by atoms with Crippen molar-refractivity contribution in [2.24, 2.45) is 17.8 Å². The van der Waals surface area contributed by atoms with E-state index in [1.165, 1.54) is 29.4 Å². The first kappa shape index (κ1) is 24.6. The molecule has 37 heavy (non-hydrogen) atoms. The van der Waals surface area contributed by atoms with Crippen LogP contribution >= 0.6 is 34.5 Å². The van der Waals surface area contributed by atoms with E-state index < -0.39 is 45.2 Å². The van der Waals surface area contributed by atoms with Gasteiger partial charge in [-0.3, -0.25) is 29.0 Å². The summed E-state index contributed by atoms with van der Waals surface area (Å²) < 4.78 is 0. The van der Waals surface area contributed by atoms with E-state index >= 15 is 0 Å². The number of aromatic hydroxyl groups is 1. The molecule has 7 nitrogen and oxygen atoms in total. The Labute approximate surface area is 227 Å². The zero-order valence-corrected chi connectivity index (χ0v) is 22.4. The van der Waals surface area contributed by atoms with Gasteiger partial charge in [0.2, 0.25) is 11.8 Å². The molecule has 4 amide bonds. The Kier molecular flexibility index (Phi) is 5.43. The maximum absolute atomic E-state index is 13.8. The van der Waals surface area contributed by atoms with E-state index in [1.807, 2.05) is 23.6 Å². The molecule has 192 valence electrons. The molecule has 4 aliphatic rings. The quantitative estimate of drug-likeness (QED) is 0.349. The molecule has 2 aromatic rings. The highest BCUT2D eigenvalue weighted by Crippen LogP contribution is 2.65. The summed E-state index contributed by atoms with van der Waals surface area (Å²) in [6.07, 6.45) is 2.21. The minimum atomic E-state index is -1.82. The van der Waals surface area contributed by atoms with Gasteiger partial charge in [-0.05, 0) is 54.3 Å². The van der Waals surface area contributed by atoms with Gasteiger partial charge in [-0.2, -0.15) is 0 Å². The Hall–Kier alpha value is -2.68. The zero-order valence-electron chi connectivity index (χ0n) is 20.1. The molecule has 0 spiro atoms. The van der Waals surface area contributed by atoms with E-state index in [-0.39, 0.29) is 30.5 Å². The molecule has 0 radical (unpaired) electrons. The van der Waals surface area contributed by atoms with Crippen LogP contribution in [-0.2, 0) is 25.7 Å². The van der Waals surface area contributed by atoms with E-state index in [0.29, 0.717) is 17.5 Å². The number of hydrogen-bond acceptors (Lipinski definition) is 6. The van der Waals surface area contributed by atoms with E-state index in [9.17, 15) is 24.3 Å². The van der Waals surface area contributed by atoms with Crippen LogP contribution in [0.3, 0.4) is 0 Å². The summed E-state index contributed by atoms with van der Waals surface area (Å²) >= 11 is 15.8. The molecule has 6 atom stereocenters. The van der Waals surface area contributed by atoms with Crippen LogP contribution in [0.1, 0.15) is 34.8 Å². The number of nitrogens with zero attached hydrogens (tertiary/aromatic N) is 2. The van der Waals surface area contributed by atoms with Gasteiger partial charge >= 0.3 is 0 Å². The minimum Gasteiger partial charge on any atom is -0.508 e. The highest BCUT2D eigenvalue weighted by atomic mass is 35.5. The number of fused-ring (bicyclic) bond motifs is 4. The number of alkyl halides is 2. The molecule has 3 fully saturated rings. The van der Waals surface area contributed by atoms with Gasteiger partial charge in [0.25, 0.3) is 11.8 Å². The second-order valence-electron chi connectivity index (χ2n) is 10.4. The summed E-state index contributed by atoms with van der Waals surface area (Å²) in [6.45, 7) is 1.94. The van der Waals surface area contributed by atoms with Crippen molar-refractivity contribution in [3.05, 3.63) is 63.4 Å². The van der Waals surface area contributed by atoms with Gasteiger partial charge < -0.3 is 5.11 Å². The lowest BCUT2D eigenvalue weighted by Crippen LogP contribution is -2.60. The van der Waals surface area contributed by atoms with Crippen molar-refractivity contribution in [1.29, 1.82) is 0 Å². The predicted octanol–water partition coefficient (Wildman–Crippen LogP) is 3.95. The highest BCUT2D eigenvalue weighted by Gasteiger charge is 2.75. The maximum Gasteiger partial charge on any atom is 0.253 e. The van der Waals surface area contributed by atoms with Crippen LogP contribution in [0, 0.1) is 24.7 Å². The Morgan fingerprint density at radius 1 is 1.08 bits per heavy atom. The summed E-state index contributed by atoms with van der Waals surface area (Å²) in [5.41, 5.74) is 1.94. The lowest BCUT2D eigenvalue weighted by atomic mass is 9.56. The molecule has 2 aliphatic carbocycles. The topological polar surface area (TPSA) is 95.0 Å². The number of phenolic OH excluding ortho intramolecular Hbond substituents is 1. The van der Waals surface area contributed by atoms with Crippen molar-refractivity contribution in [1.82, 2.24) is 9.80 Å². The van der Waals surface area contributed by atoms with Gasteiger partial charge in [0.1, 0.15) is 5.75 Å². The van der Waals surface area contributed by atoms with Gasteiger partial charge in [-0.1, -0.05) is 29.8 Å². The number of phenols is 1. The van der Waals surface area contributed by atoms with Crippen molar-refractivity contribution >= 4 is 58.2 Å². The van der Waals surface area contributed by atoms with Gasteiger partial charge in [-0.25, -0.2) is 0 Å². The fraction of sp³-hybridized carbons (Fsp3) is 0.407. The third kappa shape index (κ3) is 3.12. The predicted molar refractivity (Wildman–Crippen MR) is 138 cm³/mol. The van der Waals surface area contributed by atoms with Crippen molar-refractivity contribution in [3.8, 4) is 5.75 Å². The number of thiophene rings is 1. The van der Waals surface area contributed by atoms with Crippen LogP contribution in [0.15, 0.2) is 47.4 Å². The average Bonchev–Trinajstić information content (AvgIpc) is 3.50. The van der Waals surface area contributed by atoms with Crippen LogP contribution < -0.4 is 0 Å². The van der Waals surface area contributed by atoms with Gasteiger partial charge in [0, 0.05) is 17.8 Å². The first-order valence-electron chi connectivity index (χ1n) is 12.1. The Morgan fingerprint density at radius 3 is 2.51 bits per heavy atom. The number of aryl methyl sites for hydroxylation is 1. The number of likely N-dealkylation sites (tertiary alicyclic amines) is 2. The van der Waals surface area contributed by atoms with Crippen LogP contribution in [-0.4, -0.2) is 55.3 Å². The minimum absolute atomic E-state index is 0.0284. The van der Waals surface area contributed by atoms with E-state index in [0.717, 1.165) is 15.4 Å². The monoisotopic (exact) mass is 558 g/mol. The van der Waals surface area contributed by atoms with Crippen molar-refractivity contribution in [2.45, 2.75) is 42.0 Å². The molecule has 1 saturated carbocycles. The summed E-state index contributed by atoms with van der Waals surface area (Å²) in [5.74, 6) is -4.25. The smallest absolute Gasteiger partial charge is 0.253 e. The molecule has 1 aromatic heterocycles. The molecular weight excluding hydrogens is 535 g/mol. The van der Waals surface area contributed by atoms with Crippen molar-refractivity contribution in [3.63, 3.8) is 0 Å². The molecule has 10 heteroatoms. The van der Waals surface area contributed by atoms with Crippen LogP contribution in [0.25, 0.3) is 0 Å². The third-order valence-electron chi connectivity index (χ3n) is 8.55. The maximum atomic E-state index is 13.8. The summed E-state index contributed by atoms with van der Waals surface area (Å²) in [7, 11) is 1.37. The molecule has 1 aromatic carbocycles. The van der Waals surface area contributed by atoms with Gasteiger partial charge in [0.05, 0.1) is 18.4 Å². The molecule has 3 heterocycles. The van der Waals surface area contributed by atoms with Crippen molar-refractivity contribution in [2.75, 3.05) is 7.05 Å². The molecule has 2 aliphatic heterocycles. The van der Waals surface area contributed by atoms with Crippen molar-refractivity contribution < 1.29 is 24.3 Å². The fourth-order valence-electron chi connectivity index (χ4n) is 6.76. The molecule has 2 saturated heterocycles. The standard InChI is InChI=1S/C27H24Cl2N2O5S/c1-13-10-14(5-8-19(13)32)21-16-6-7-17-20(23(34)31(22(17)33)12-15-4-3-9-37-15)18(16)11-26(28)24(35)30(2)25(36)27(21,26)29/h3-6,8-10,17-18,20-21,32H,7,11-12H2,1-2H3/t17-,18+,20-,21-,26+,27-/m0/s1. The third-order valence-corrected chi connectivity index (χ3v) is 10.8. The van der Waals surface area contributed by atoms with E-state index in [4.69, 9.17) is 23.2 Å². The van der Waals surface area contributed by atoms with Crippen LogP contribution in [0.5, 0.6) is 5.75 Å². The Balaban J connectivity index is 1.49. The summed E-state index contributed by atoms with van der Waals surface area (Å²) in [5, 5.41) is 12.0. The first-order chi connectivity index (χ1) is 17.5.